The quantitative estimate of drug-likeness (QED) is 0.665. The second kappa shape index (κ2) is 14.7. The van der Waals surface area contributed by atoms with Gasteiger partial charge < -0.3 is 4.90 Å². The predicted molar refractivity (Wildman–Crippen MR) is 85.9 cm³/mol. The third-order valence-corrected chi connectivity index (χ3v) is 2.28. The van der Waals surface area contributed by atoms with Gasteiger partial charge in [0.05, 0.1) is 0 Å². The molecule has 0 aromatic heterocycles. The molecule has 0 aliphatic carbocycles. The van der Waals surface area contributed by atoms with E-state index in [0.717, 1.165) is 17.9 Å². The Morgan fingerprint density at radius 3 is 1.45 bits per heavy atom. The molecule has 2 aromatic rings. The maximum atomic E-state index is 3.22. The van der Waals surface area contributed by atoms with Gasteiger partial charge in [-0.1, -0.05) is 39.1 Å². The summed E-state index contributed by atoms with van der Waals surface area (Å²) in [6, 6.07) is 22.4. The van der Waals surface area contributed by atoms with E-state index in [1.54, 1.807) is 0 Å². The Morgan fingerprint density at radius 1 is 0.800 bits per heavy atom. The number of benzene rings is 2. The third-order valence-electron chi connectivity index (χ3n) is 2.28. The van der Waals surface area contributed by atoms with Crippen LogP contribution in [0.5, 0.6) is 0 Å². The first kappa shape index (κ1) is 21.6. The van der Waals surface area contributed by atoms with Crippen LogP contribution in [0.25, 0.3) is 0 Å². The summed E-state index contributed by atoms with van der Waals surface area (Å²) in [6.07, 6.45) is 0. The van der Waals surface area contributed by atoms with Crippen molar-refractivity contribution in [1.82, 2.24) is 0 Å². The summed E-state index contributed by atoms with van der Waals surface area (Å²) in [4.78, 5) is 2.18. The van der Waals surface area contributed by atoms with E-state index in [1.807, 2.05) is 64.1 Å². The van der Waals surface area contributed by atoms with Gasteiger partial charge >= 0.3 is 0 Å². The molecule has 0 atom stereocenters. The zero-order chi connectivity index (χ0) is 14.5. The standard InChI is InChI=1S/C14H13N.2C2H6.Y/c1-2-15(13-9-5-3-6-10-13)14-11-7-4-8-12-14;2*1-2;/h3-9,11H,2H2,1H3;2*1-2H3;/q-2;;;. The van der Waals surface area contributed by atoms with Gasteiger partial charge in [-0.15, -0.1) is 12.1 Å². The monoisotopic (exact) mass is 344 g/mol. The Balaban J connectivity index is 0. The first-order chi connectivity index (χ1) is 9.42. The molecule has 0 aliphatic heterocycles. The van der Waals surface area contributed by atoms with Crippen molar-refractivity contribution in [3.05, 3.63) is 60.7 Å². The van der Waals surface area contributed by atoms with Crippen molar-refractivity contribution in [2.75, 3.05) is 11.4 Å². The minimum atomic E-state index is 0. The van der Waals surface area contributed by atoms with Crippen molar-refractivity contribution >= 4 is 11.4 Å². The van der Waals surface area contributed by atoms with Gasteiger partial charge in [-0.25, -0.2) is 0 Å². The van der Waals surface area contributed by atoms with Crippen molar-refractivity contribution in [1.29, 1.82) is 0 Å². The molecule has 107 valence electrons. The van der Waals surface area contributed by atoms with Crippen LogP contribution in [0.2, 0.25) is 0 Å². The van der Waals surface area contributed by atoms with Crippen LogP contribution >= 0.6 is 0 Å². The topological polar surface area (TPSA) is 3.24 Å². The smallest absolute Gasteiger partial charge is 0.0157 e. The second-order valence-electron chi connectivity index (χ2n) is 3.24. The van der Waals surface area contributed by atoms with Gasteiger partial charge in [-0.3, -0.25) is 0 Å². The van der Waals surface area contributed by atoms with Gasteiger partial charge in [0, 0.05) is 39.3 Å². The Kier molecular flexibility index (Phi) is 16.0. The molecule has 0 fully saturated rings. The number of rotatable bonds is 3. The first-order valence-corrected chi connectivity index (χ1v) is 7.13. The van der Waals surface area contributed by atoms with Crippen molar-refractivity contribution in [3.63, 3.8) is 0 Å². The molecule has 2 rings (SSSR count). The number of nitrogens with zero attached hydrogens (tertiary/aromatic N) is 1. The van der Waals surface area contributed by atoms with Crippen LogP contribution in [0.1, 0.15) is 34.6 Å². The van der Waals surface area contributed by atoms with E-state index in [2.05, 4.69) is 36.1 Å². The number of hydrogen-bond donors (Lipinski definition) is 0. The average molecular weight is 344 g/mol. The molecule has 0 saturated heterocycles. The van der Waals surface area contributed by atoms with Crippen molar-refractivity contribution < 1.29 is 32.7 Å². The van der Waals surface area contributed by atoms with Gasteiger partial charge in [-0.05, 0) is 6.92 Å². The molecule has 1 nitrogen and oxygen atoms in total. The van der Waals surface area contributed by atoms with Crippen molar-refractivity contribution in [2.45, 2.75) is 34.6 Å². The molecule has 0 amide bonds. The molecule has 1 radical (unpaired) electrons. The van der Waals surface area contributed by atoms with Crippen LogP contribution in [0, 0.1) is 12.1 Å². The summed E-state index contributed by atoms with van der Waals surface area (Å²) in [5.41, 5.74) is 2.17. The molecular formula is C18H25NY-2. The molecule has 0 N–H and O–H groups in total. The molecule has 2 aromatic carbocycles. The first-order valence-electron chi connectivity index (χ1n) is 7.13. The summed E-state index contributed by atoms with van der Waals surface area (Å²) in [7, 11) is 0. The molecule has 0 spiro atoms. The SMILES string of the molecule is CC.CC.CCN(c1[c-]cccc1)c1[c-]cccc1.[Y]. The van der Waals surface area contributed by atoms with Gasteiger partial charge in [0.25, 0.3) is 0 Å². The van der Waals surface area contributed by atoms with Crippen LogP contribution < -0.4 is 4.90 Å². The minimum absolute atomic E-state index is 0. The second-order valence-corrected chi connectivity index (χ2v) is 3.24. The fourth-order valence-electron chi connectivity index (χ4n) is 1.57. The normalized spacial score (nSPS) is 8.05. The van der Waals surface area contributed by atoms with Gasteiger partial charge in [0.1, 0.15) is 0 Å². The zero-order valence-electron chi connectivity index (χ0n) is 13.4. The van der Waals surface area contributed by atoms with E-state index in [1.165, 1.54) is 0 Å². The van der Waals surface area contributed by atoms with Crippen LogP contribution in [-0.4, -0.2) is 6.54 Å². The molecule has 0 saturated carbocycles. The van der Waals surface area contributed by atoms with Crippen molar-refractivity contribution in [2.24, 2.45) is 0 Å². The molecule has 0 unspecified atom stereocenters. The third kappa shape index (κ3) is 7.21. The number of para-hydroxylation sites is 2. The molecule has 20 heavy (non-hydrogen) atoms. The zero-order valence-corrected chi connectivity index (χ0v) is 16.2. The van der Waals surface area contributed by atoms with Crippen LogP contribution in [-0.2, 0) is 32.7 Å². The number of anilines is 2. The Labute approximate surface area is 150 Å². The summed E-state index contributed by atoms with van der Waals surface area (Å²) in [5.74, 6) is 0. The fraction of sp³-hybridized carbons (Fsp3) is 0.333. The summed E-state index contributed by atoms with van der Waals surface area (Å²) in [6.45, 7) is 11.0. The van der Waals surface area contributed by atoms with Crippen molar-refractivity contribution in [3.8, 4) is 0 Å². The number of hydrogen-bond acceptors (Lipinski definition) is 1. The van der Waals surface area contributed by atoms with E-state index in [0.29, 0.717) is 0 Å². The minimum Gasteiger partial charge on any atom is -0.388 e. The Hall–Kier alpha value is -0.656. The van der Waals surface area contributed by atoms with Crippen LogP contribution in [0.4, 0.5) is 11.4 Å². The van der Waals surface area contributed by atoms with E-state index < -0.39 is 0 Å². The average Bonchev–Trinajstić information content (AvgIpc) is 2.54. The molecule has 2 heteroatoms. The van der Waals surface area contributed by atoms with E-state index >= 15 is 0 Å². The Morgan fingerprint density at radius 2 is 1.20 bits per heavy atom. The largest absolute Gasteiger partial charge is 0.388 e. The van der Waals surface area contributed by atoms with Crippen LogP contribution in [0.3, 0.4) is 0 Å². The fourth-order valence-corrected chi connectivity index (χ4v) is 1.57. The molecule has 0 heterocycles. The summed E-state index contributed by atoms with van der Waals surface area (Å²) in [5, 5.41) is 0. The van der Waals surface area contributed by atoms with Gasteiger partial charge in [0.15, 0.2) is 0 Å². The van der Waals surface area contributed by atoms with E-state index in [-0.39, 0.29) is 32.7 Å². The van der Waals surface area contributed by atoms with Crippen LogP contribution in [0.15, 0.2) is 48.5 Å². The maximum absolute atomic E-state index is 3.22. The molecule has 0 bridgehead atoms. The summed E-state index contributed by atoms with van der Waals surface area (Å²) >= 11 is 0. The van der Waals surface area contributed by atoms with E-state index in [4.69, 9.17) is 0 Å². The molecule has 0 aliphatic rings. The summed E-state index contributed by atoms with van der Waals surface area (Å²) < 4.78 is 0. The molecular weight excluding hydrogens is 319 g/mol. The Bertz CT molecular complexity index is 361. The van der Waals surface area contributed by atoms with Gasteiger partial charge in [0.2, 0.25) is 0 Å². The predicted octanol–water partition coefficient (Wildman–Crippen LogP) is 5.49. The maximum Gasteiger partial charge on any atom is 0.0157 e. The van der Waals surface area contributed by atoms with E-state index in [9.17, 15) is 0 Å². The van der Waals surface area contributed by atoms with Gasteiger partial charge in [-0.2, -0.15) is 48.5 Å².